The molecule has 136 valence electrons. The van der Waals surface area contributed by atoms with E-state index in [9.17, 15) is 4.79 Å². The minimum atomic E-state index is 0.0772. The van der Waals surface area contributed by atoms with Gasteiger partial charge in [0.15, 0.2) is 0 Å². The summed E-state index contributed by atoms with van der Waals surface area (Å²) in [5.41, 5.74) is 0.209. The highest BCUT2D eigenvalue weighted by molar-refractivity contribution is 5.79. The van der Waals surface area contributed by atoms with Gasteiger partial charge in [0.1, 0.15) is 6.61 Å². The number of pyridine rings is 1. The first-order chi connectivity index (χ1) is 12.2. The van der Waals surface area contributed by atoms with Crippen LogP contribution in [0.2, 0.25) is 0 Å². The fraction of sp³-hybridized carbons (Fsp3) is 0.684. The Balaban J connectivity index is 1.25. The molecule has 3 aliphatic heterocycles. The molecule has 3 fully saturated rings. The highest BCUT2D eigenvalue weighted by Gasteiger charge is 2.44. The highest BCUT2D eigenvalue weighted by Crippen LogP contribution is 2.42. The summed E-state index contributed by atoms with van der Waals surface area (Å²) in [5.74, 6) is 1.00. The number of likely N-dealkylation sites (tertiary alicyclic amines) is 1. The topological polar surface area (TPSA) is 60.9 Å². The summed E-state index contributed by atoms with van der Waals surface area (Å²) >= 11 is 0. The molecular formula is C19H26N2O4. The van der Waals surface area contributed by atoms with Crippen molar-refractivity contribution in [2.75, 3.05) is 39.5 Å². The van der Waals surface area contributed by atoms with Gasteiger partial charge in [-0.15, -0.1) is 0 Å². The van der Waals surface area contributed by atoms with Gasteiger partial charge in [-0.1, -0.05) is 6.07 Å². The number of rotatable bonds is 4. The molecule has 1 amide bonds. The molecule has 0 aromatic carbocycles. The Morgan fingerprint density at radius 2 is 2.24 bits per heavy atom. The summed E-state index contributed by atoms with van der Waals surface area (Å²) in [4.78, 5) is 18.7. The van der Waals surface area contributed by atoms with E-state index in [0.717, 1.165) is 52.0 Å². The SMILES string of the molecule is O=C(C1CCOC1)N1CCC2(CC1)COC(COc1ccccn1)C2. The van der Waals surface area contributed by atoms with E-state index in [2.05, 4.69) is 4.98 Å². The molecule has 25 heavy (non-hydrogen) atoms. The van der Waals surface area contributed by atoms with Crippen LogP contribution in [0.25, 0.3) is 0 Å². The highest BCUT2D eigenvalue weighted by atomic mass is 16.5. The smallest absolute Gasteiger partial charge is 0.228 e. The van der Waals surface area contributed by atoms with E-state index in [4.69, 9.17) is 14.2 Å². The molecule has 6 nitrogen and oxygen atoms in total. The van der Waals surface area contributed by atoms with Crippen molar-refractivity contribution >= 4 is 5.91 Å². The molecule has 2 atom stereocenters. The summed E-state index contributed by atoms with van der Waals surface area (Å²) in [7, 11) is 0. The Hall–Kier alpha value is -1.66. The Kier molecular flexibility index (Phi) is 4.90. The first-order valence-electron chi connectivity index (χ1n) is 9.26. The molecule has 2 unspecified atom stereocenters. The maximum atomic E-state index is 12.5. The molecule has 0 radical (unpaired) electrons. The second-order valence-electron chi connectivity index (χ2n) is 7.50. The van der Waals surface area contributed by atoms with E-state index in [1.165, 1.54) is 0 Å². The van der Waals surface area contributed by atoms with Crippen molar-refractivity contribution in [1.29, 1.82) is 0 Å². The first-order valence-corrected chi connectivity index (χ1v) is 9.26. The van der Waals surface area contributed by atoms with Crippen LogP contribution in [-0.4, -0.2) is 61.4 Å². The molecular weight excluding hydrogens is 320 g/mol. The summed E-state index contributed by atoms with van der Waals surface area (Å²) in [6.07, 6.45) is 5.77. The lowest BCUT2D eigenvalue weighted by Crippen LogP contribution is -2.46. The third-order valence-electron chi connectivity index (χ3n) is 5.76. The number of amides is 1. The normalized spacial score (nSPS) is 28.4. The summed E-state index contributed by atoms with van der Waals surface area (Å²) in [6.45, 7) is 4.31. The Morgan fingerprint density at radius 3 is 2.96 bits per heavy atom. The average Bonchev–Trinajstić information content (AvgIpc) is 3.32. The second-order valence-corrected chi connectivity index (χ2v) is 7.50. The summed E-state index contributed by atoms with van der Waals surface area (Å²) in [6, 6.07) is 5.66. The van der Waals surface area contributed by atoms with Gasteiger partial charge in [0, 0.05) is 32.0 Å². The zero-order valence-corrected chi connectivity index (χ0v) is 14.6. The summed E-state index contributed by atoms with van der Waals surface area (Å²) < 4.78 is 17.1. The van der Waals surface area contributed by atoms with Crippen molar-refractivity contribution in [2.45, 2.75) is 31.8 Å². The van der Waals surface area contributed by atoms with E-state index in [-0.39, 0.29) is 23.3 Å². The van der Waals surface area contributed by atoms with Crippen LogP contribution in [-0.2, 0) is 14.3 Å². The zero-order valence-electron chi connectivity index (χ0n) is 14.6. The van der Waals surface area contributed by atoms with Gasteiger partial charge in [0.2, 0.25) is 11.8 Å². The largest absolute Gasteiger partial charge is 0.475 e. The van der Waals surface area contributed by atoms with Gasteiger partial charge >= 0.3 is 0 Å². The van der Waals surface area contributed by atoms with Crippen LogP contribution in [0.15, 0.2) is 24.4 Å². The number of carbonyl (C=O) groups is 1. The quantitative estimate of drug-likeness (QED) is 0.833. The molecule has 1 aromatic rings. The third kappa shape index (κ3) is 3.80. The number of hydrogen-bond acceptors (Lipinski definition) is 5. The molecule has 6 heteroatoms. The van der Waals surface area contributed by atoms with Gasteiger partial charge in [-0.05, 0) is 37.2 Å². The second kappa shape index (κ2) is 7.30. The third-order valence-corrected chi connectivity index (χ3v) is 5.76. The molecule has 4 rings (SSSR count). The van der Waals surface area contributed by atoms with Crippen molar-refractivity contribution < 1.29 is 19.0 Å². The van der Waals surface area contributed by atoms with E-state index in [1.807, 2.05) is 23.1 Å². The predicted molar refractivity (Wildman–Crippen MR) is 91.3 cm³/mol. The van der Waals surface area contributed by atoms with Crippen molar-refractivity contribution in [3.8, 4) is 5.88 Å². The van der Waals surface area contributed by atoms with E-state index >= 15 is 0 Å². The lowest BCUT2D eigenvalue weighted by molar-refractivity contribution is -0.137. The standard InChI is InChI=1S/C19H26N2O4/c22-18(15-4-10-23-12-15)21-8-5-19(6-9-21)11-16(25-14-19)13-24-17-3-1-2-7-20-17/h1-3,7,15-16H,4-6,8-14H2. The molecule has 0 saturated carbocycles. The summed E-state index contributed by atoms with van der Waals surface area (Å²) in [5, 5.41) is 0. The van der Waals surface area contributed by atoms with Crippen molar-refractivity contribution in [3.63, 3.8) is 0 Å². The lowest BCUT2D eigenvalue weighted by Gasteiger charge is -2.39. The van der Waals surface area contributed by atoms with E-state index in [0.29, 0.717) is 19.1 Å². The monoisotopic (exact) mass is 346 g/mol. The van der Waals surface area contributed by atoms with Crippen molar-refractivity contribution in [2.24, 2.45) is 11.3 Å². The van der Waals surface area contributed by atoms with Gasteiger partial charge in [-0.3, -0.25) is 4.79 Å². The zero-order chi connectivity index (χ0) is 17.1. The number of nitrogens with zero attached hydrogens (tertiary/aromatic N) is 2. The van der Waals surface area contributed by atoms with Gasteiger partial charge in [0.05, 0.1) is 25.2 Å². The minimum absolute atomic E-state index is 0.0772. The molecule has 4 heterocycles. The number of carbonyl (C=O) groups excluding carboxylic acids is 1. The predicted octanol–water partition coefficient (Wildman–Crippen LogP) is 1.89. The molecule has 1 aromatic heterocycles. The Morgan fingerprint density at radius 1 is 1.36 bits per heavy atom. The molecule has 1 spiro atoms. The Bertz CT molecular complexity index is 580. The fourth-order valence-electron chi connectivity index (χ4n) is 4.15. The number of hydrogen-bond donors (Lipinski definition) is 0. The van der Waals surface area contributed by atoms with Crippen LogP contribution in [0.1, 0.15) is 25.7 Å². The van der Waals surface area contributed by atoms with Crippen LogP contribution >= 0.6 is 0 Å². The van der Waals surface area contributed by atoms with Crippen LogP contribution in [0, 0.1) is 11.3 Å². The number of piperidine rings is 1. The van der Waals surface area contributed by atoms with Crippen LogP contribution in [0.5, 0.6) is 5.88 Å². The van der Waals surface area contributed by atoms with Crippen LogP contribution in [0.3, 0.4) is 0 Å². The van der Waals surface area contributed by atoms with Gasteiger partial charge < -0.3 is 19.1 Å². The minimum Gasteiger partial charge on any atom is -0.475 e. The maximum absolute atomic E-state index is 12.5. The number of ether oxygens (including phenoxy) is 3. The molecule has 3 aliphatic rings. The van der Waals surface area contributed by atoms with Crippen LogP contribution < -0.4 is 4.74 Å². The molecule has 0 aliphatic carbocycles. The van der Waals surface area contributed by atoms with Crippen molar-refractivity contribution in [3.05, 3.63) is 24.4 Å². The fourth-order valence-corrected chi connectivity index (χ4v) is 4.15. The Labute approximate surface area is 148 Å². The van der Waals surface area contributed by atoms with Crippen molar-refractivity contribution in [1.82, 2.24) is 9.88 Å². The first kappa shape index (κ1) is 16.8. The van der Waals surface area contributed by atoms with E-state index in [1.54, 1.807) is 6.20 Å². The number of aromatic nitrogens is 1. The van der Waals surface area contributed by atoms with Gasteiger partial charge in [-0.25, -0.2) is 4.98 Å². The van der Waals surface area contributed by atoms with Gasteiger partial charge in [-0.2, -0.15) is 0 Å². The molecule has 0 N–H and O–H groups in total. The average molecular weight is 346 g/mol. The maximum Gasteiger partial charge on any atom is 0.228 e. The van der Waals surface area contributed by atoms with Crippen LogP contribution in [0.4, 0.5) is 0 Å². The lowest BCUT2D eigenvalue weighted by atomic mass is 9.76. The van der Waals surface area contributed by atoms with Gasteiger partial charge in [0.25, 0.3) is 0 Å². The molecule has 3 saturated heterocycles. The van der Waals surface area contributed by atoms with E-state index < -0.39 is 0 Å². The molecule has 0 bridgehead atoms.